The molecule has 1 aliphatic heterocycles. The van der Waals surface area contributed by atoms with Crippen LogP contribution in [0, 0.1) is 0 Å². The fourth-order valence-corrected chi connectivity index (χ4v) is 3.32. The molecule has 27 heavy (non-hydrogen) atoms. The molecule has 2 aromatic heterocycles. The average Bonchev–Trinajstić information content (AvgIpc) is 3.14. The summed E-state index contributed by atoms with van der Waals surface area (Å²) < 4.78 is 2.11. The predicted octanol–water partition coefficient (Wildman–Crippen LogP) is 1.30. The molecule has 8 nitrogen and oxygen atoms in total. The van der Waals surface area contributed by atoms with Gasteiger partial charge < -0.3 is 19.7 Å². The molecule has 0 spiro atoms. The van der Waals surface area contributed by atoms with Gasteiger partial charge in [-0.25, -0.2) is 9.78 Å². The van der Waals surface area contributed by atoms with Crippen molar-refractivity contribution in [3.05, 3.63) is 48.3 Å². The third kappa shape index (κ3) is 4.84. The van der Waals surface area contributed by atoms with Crippen LogP contribution in [-0.2, 0) is 11.3 Å². The van der Waals surface area contributed by atoms with Crippen molar-refractivity contribution in [2.45, 2.75) is 25.3 Å². The molecule has 0 bridgehead atoms. The minimum Gasteiger partial charge on any atom is -0.340 e. The highest BCUT2D eigenvalue weighted by Crippen LogP contribution is 2.26. The predicted molar refractivity (Wildman–Crippen MR) is 101 cm³/mol. The van der Waals surface area contributed by atoms with Gasteiger partial charge in [-0.2, -0.15) is 0 Å². The van der Waals surface area contributed by atoms with E-state index in [1.54, 1.807) is 26.5 Å². The molecule has 0 aromatic carbocycles. The van der Waals surface area contributed by atoms with Gasteiger partial charge in [0.25, 0.3) is 0 Å². The largest absolute Gasteiger partial charge is 0.340 e. The summed E-state index contributed by atoms with van der Waals surface area (Å²) in [6, 6.07) is 5.61. The van der Waals surface area contributed by atoms with Crippen LogP contribution in [0.2, 0.25) is 0 Å². The van der Waals surface area contributed by atoms with E-state index in [-0.39, 0.29) is 24.4 Å². The average molecular weight is 370 g/mol. The van der Waals surface area contributed by atoms with Crippen molar-refractivity contribution in [3.8, 4) is 0 Å². The molecule has 144 valence electrons. The van der Waals surface area contributed by atoms with E-state index >= 15 is 0 Å². The molecule has 3 heterocycles. The van der Waals surface area contributed by atoms with Crippen molar-refractivity contribution >= 4 is 11.9 Å². The molecule has 1 atom stereocenters. The molecule has 2 aromatic rings. The maximum Gasteiger partial charge on any atom is 0.317 e. The third-order valence-corrected chi connectivity index (χ3v) is 4.74. The van der Waals surface area contributed by atoms with Crippen molar-refractivity contribution in [2.24, 2.45) is 0 Å². The lowest BCUT2D eigenvalue weighted by Crippen LogP contribution is -2.46. The van der Waals surface area contributed by atoms with Crippen LogP contribution in [0.3, 0.4) is 0 Å². The van der Waals surface area contributed by atoms with Crippen molar-refractivity contribution in [2.75, 3.05) is 33.7 Å². The zero-order valence-electron chi connectivity index (χ0n) is 15.8. The maximum absolute atomic E-state index is 12.5. The molecule has 3 rings (SSSR count). The summed E-state index contributed by atoms with van der Waals surface area (Å²) >= 11 is 0. The molecule has 1 fully saturated rings. The lowest BCUT2D eigenvalue weighted by Gasteiger charge is -2.33. The molecule has 8 heteroatoms. The van der Waals surface area contributed by atoms with E-state index in [1.165, 1.54) is 4.90 Å². The maximum atomic E-state index is 12.5. The Labute approximate surface area is 159 Å². The molecule has 3 amide bonds. The Morgan fingerprint density at radius 2 is 2.11 bits per heavy atom. The summed E-state index contributed by atoms with van der Waals surface area (Å²) in [4.78, 5) is 36.3. The number of hydrogen-bond donors (Lipinski definition) is 1. The first-order chi connectivity index (χ1) is 13.0. The van der Waals surface area contributed by atoms with Crippen LogP contribution in [0.15, 0.2) is 36.8 Å². The Kier molecular flexibility index (Phi) is 6.05. The first kappa shape index (κ1) is 18.9. The summed E-state index contributed by atoms with van der Waals surface area (Å²) in [5, 5.41) is 2.64. The molecule has 1 N–H and O–H groups in total. The smallest absolute Gasteiger partial charge is 0.317 e. The number of nitrogens with zero attached hydrogens (tertiary/aromatic N) is 5. The molecule has 1 saturated heterocycles. The highest BCUT2D eigenvalue weighted by molar-refractivity contribution is 5.83. The molecule has 0 aliphatic carbocycles. The summed E-state index contributed by atoms with van der Waals surface area (Å²) in [5.41, 5.74) is 0.979. The number of imidazole rings is 1. The number of piperidine rings is 1. The molecule has 1 aliphatic rings. The number of amides is 3. The van der Waals surface area contributed by atoms with E-state index < -0.39 is 0 Å². The molecular weight excluding hydrogens is 344 g/mol. The number of urea groups is 1. The van der Waals surface area contributed by atoms with Gasteiger partial charge >= 0.3 is 6.03 Å². The van der Waals surface area contributed by atoms with E-state index in [0.717, 1.165) is 24.4 Å². The topological polar surface area (TPSA) is 83.4 Å². The van der Waals surface area contributed by atoms with Crippen LogP contribution in [0.1, 0.15) is 30.3 Å². The highest BCUT2D eigenvalue weighted by atomic mass is 16.2. The fourth-order valence-electron chi connectivity index (χ4n) is 3.32. The number of pyridine rings is 1. The molecule has 0 unspecified atom stereocenters. The standard InChI is InChI=1S/C19H26N6O2/c1-23(2)19(27)22-12-17(26)24-10-5-6-15(13-24)18-21-9-11-25(18)14-16-7-3-4-8-20-16/h3-4,7-9,11,15H,5-6,10,12-14H2,1-2H3,(H,22,27)/t15-/m0/s1. The number of aromatic nitrogens is 3. The zero-order valence-corrected chi connectivity index (χ0v) is 15.8. The lowest BCUT2D eigenvalue weighted by molar-refractivity contribution is -0.131. The first-order valence-corrected chi connectivity index (χ1v) is 9.18. The van der Waals surface area contributed by atoms with Gasteiger partial charge in [-0.15, -0.1) is 0 Å². The molecular formula is C19H26N6O2. The van der Waals surface area contributed by atoms with E-state index in [2.05, 4.69) is 19.9 Å². The summed E-state index contributed by atoms with van der Waals surface area (Å²) in [6.07, 6.45) is 7.47. The summed E-state index contributed by atoms with van der Waals surface area (Å²) in [6.45, 7) is 2.02. The Bertz CT molecular complexity index is 774. The van der Waals surface area contributed by atoms with E-state index in [4.69, 9.17) is 0 Å². The van der Waals surface area contributed by atoms with Gasteiger partial charge in [0, 0.05) is 51.7 Å². The SMILES string of the molecule is CN(C)C(=O)NCC(=O)N1CCC[C@H](c2nccn2Cc2ccccn2)C1. The van der Waals surface area contributed by atoms with E-state index in [1.807, 2.05) is 29.3 Å². The summed E-state index contributed by atoms with van der Waals surface area (Å²) in [5.74, 6) is 1.11. The second kappa shape index (κ2) is 8.66. The number of carbonyl (C=O) groups excluding carboxylic acids is 2. The second-order valence-corrected chi connectivity index (χ2v) is 6.97. The summed E-state index contributed by atoms with van der Waals surface area (Å²) in [7, 11) is 3.30. The number of carbonyl (C=O) groups is 2. The van der Waals surface area contributed by atoms with Crippen LogP contribution in [0.5, 0.6) is 0 Å². The van der Waals surface area contributed by atoms with Gasteiger partial charge in [0.2, 0.25) is 5.91 Å². The second-order valence-electron chi connectivity index (χ2n) is 6.97. The minimum absolute atomic E-state index is 0.0199. The monoisotopic (exact) mass is 370 g/mol. The van der Waals surface area contributed by atoms with Crippen molar-refractivity contribution in [1.82, 2.24) is 29.7 Å². The van der Waals surface area contributed by atoms with Gasteiger partial charge in [0.05, 0.1) is 18.8 Å². The van der Waals surface area contributed by atoms with Crippen LogP contribution >= 0.6 is 0 Å². The van der Waals surface area contributed by atoms with Crippen molar-refractivity contribution in [1.29, 1.82) is 0 Å². The quantitative estimate of drug-likeness (QED) is 0.860. The minimum atomic E-state index is -0.261. The van der Waals surface area contributed by atoms with Crippen molar-refractivity contribution in [3.63, 3.8) is 0 Å². The zero-order chi connectivity index (χ0) is 19.2. The normalized spacial score (nSPS) is 16.8. The van der Waals surface area contributed by atoms with Crippen LogP contribution < -0.4 is 5.32 Å². The lowest BCUT2D eigenvalue weighted by atomic mass is 9.97. The van der Waals surface area contributed by atoms with Crippen LogP contribution in [0.4, 0.5) is 4.79 Å². The Hall–Kier alpha value is -2.90. The van der Waals surface area contributed by atoms with Gasteiger partial charge in [-0.3, -0.25) is 9.78 Å². The van der Waals surface area contributed by atoms with Crippen LogP contribution in [0.25, 0.3) is 0 Å². The number of rotatable bonds is 5. The highest BCUT2D eigenvalue weighted by Gasteiger charge is 2.27. The van der Waals surface area contributed by atoms with Gasteiger partial charge in [0.15, 0.2) is 0 Å². The van der Waals surface area contributed by atoms with Crippen LogP contribution in [-0.4, -0.2) is 70.0 Å². The number of likely N-dealkylation sites (tertiary alicyclic amines) is 1. The first-order valence-electron chi connectivity index (χ1n) is 9.18. The van der Waals surface area contributed by atoms with Crippen molar-refractivity contribution < 1.29 is 9.59 Å². The number of hydrogen-bond acceptors (Lipinski definition) is 4. The molecule has 0 saturated carbocycles. The fraction of sp³-hybridized carbons (Fsp3) is 0.474. The Balaban J connectivity index is 1.62. The van der Waals surface area contributed by atoms with Gasteiger partial charge in [0.1, 0.15) is 5.82 Å². The number of nitrogens with one attached hydrogen (secondary N) is 1. The molecule has 0 radical (unpaired) electrons. The van der Waals surface area contributed by atoms with Gasteiger partial charge in [-0.05, 0) is 25.0 Å². The third-order valence-electron chi connectivity index (χ3n) is 4.74. The van der Waals surface area contributed by atoms with E-state index in [9.17, 15) is 9.59 Å². The Morgan fingerprint density at radius 1 is 1.26 bits per heavy atom. The van der Waals surface area contributed by atoms with E-state index in [0.29, 0.717) is 19.6 Å². The Morgan fingerprint density at radius 3 is 2.85 bits per heavy atom. The van der Waals surface area contributed by atoms with Gasteiger partial charge in [-0.1, -0.05) is 6.07 Å².